The fraction of sp³-hybridized carbons (Fsp3) is 0.408. The summed E-state index contributed by atoms with van der Waals surface area (Å²) < 4.78 is 17.7. The van der Waals surface area contributed by atoms with Crippen LogP contribution >= 0.6 is 0 Å². The first-order valence-electron chi connectivity index (χ1n) is 30.8. The molecule has 4 aromatic carbocycles. The quantitative estimate of drug-likeness (QED) is 0.0239. The average molecular weight is 1210 g/mol. The van der Waals surface area contributed by atoms with E-state index in [0.29, 0.717) is 45.0 Å². The Morgan fingerprint density at radius 2 is 1.04 bits per heavy atom. The van der Waals surface area contributed by atoms with Gasteiger partial charge in [-0.25, -0.2) is 9.97 Å². The molecule has 2 aromatic heterocycles. The molecule has 0 aliphatic carbocycles. The van der Waals surface area contributed by atoms with Gasteiger partial charge in [-0.2, -0.15) is 0 Å². The number of aliphatic hydroxyl groups is 1. The lowest BCUT2D eigenvalue weighted by Gasteiger charge is -2.32. The molecule has 2 saturated heterocycles. The van der Waals surface area contributed by atoms with E-state index in [4.69, 9.17) is 25.7 Å². The number of nitrogens with zero attached hydrogens (tertiary/aromatic N) is 5. The Hall–Kier alpha value is -8.26. The molecule has 0 saturated carbocycles. The lowest BCUT2D eigenvalue weighted by molar-refractivity contribution is -0.143. The van der Waals surface area contributed by atoms with Gasteiger partial charge in [-0.1, -0.05) is 141 Å². The van der Waals surface area contributed by atoms with Gasteiger partial charge in [0.05, 0.1) is 61.9 Å². The maximum Gasteiger partial charge on any atom is 0.302 e. The van der Waals surface area contributed by atoms with E-state index in [-0.39, 0.29) is 43.1 Å². The lowest BCUT2D eigenvalue weighted by atomic mass is 9.83. The van der Waals surface area contributed by atoms with E-state index in [1.807, 2.05) is 147 Å². The largest absolute Gasteiger partial charge is 0.465 e. The molecule has 472 valence electrons. The number of amides is 4. The van der Waals surface area contributed by atoms with Crippen LogP contribution in [0.25, 0.3) is 22.6 Å². The van der Waals surface area contributed by atoms with Crippen LogP contribution in [0.3, 0.4) is 0 Å². The number of benzene rings is 4. The topological polar surface area (TPSA) is 255 Å². The fourth-order valence-corrected chi connectivity index (χ4v) is 10.9. The zero-order valence-electron chi connectivity index (χ0n) is 52.5. The third kappa shape index (κ3) is 20.7. The predicted molar refractivity (Wildman–Crippen MR) is 345 cm³/mol. The Labute approximate surface area is 524 Å². The molecule has 8 rings (SSSR count). The molecular weight excluding hydrogens is 1120 g/mol. The number of rotatable bonds is 27. The van der Waals surface area contributed by atoms with Crippen molar-refractivity contribution in [3.8, 4) is 22.6 Å². The molecule has 4 heterocycles. The average Bonchev–Trinajstić information content (AvgIpc) is 3.57. The molecule has 10 atom stereocenters. The number of esters is 1. The van der Waals surface area contributed by atoms with Crippen LogP contribution in [0.4, 0.5) is 0 Å². The van der Waals surface area contributed by atoms with Crippen molar-refractivity contribution in [3.63, 3.8) is 0 Å². The third-order valence-electron chi connectivity index (χ3n) is 16.0. The van der Waals surface area contributed by atoms with Crippen LogP contribution in [0.15, 0.2) is 176 Å². The van der Waals surface area contributed by atoms with Gasteiger partial charge in [0.15, 0.2) is 5.82 Å². The molecule has 0 bridgehead atoms. The van der Waals surface area contributed by atoms with Crippen LogP contribution in [-0.2, 0) is 64.2 Å². The second-order valence-electron chi connectivity index (χ2n) is 24.0. The highest BCUT2D eigenvalue weighted by Crippen LogP contribution is 2.32. The first kappa shape index (κ1) is 68.2. The third-order valence-corrected chi connectivity index (χ3v) is 16.0. The smallest absolute Gasteiger partial charge is 0.302 e. The summed E-state index contributed by atoms with van der Waals surface area (Å²) in [5.41, 5.74) is 17.5. The van der Waals surface area contributed by atoms with E-state index in [2.05, 4.69) is 43.8 Å². The first-order chi connectivity index (χ1) is 42.7. The van der Waals surface area contributed by atoms with E-state index in [9.17, 15) is 29.1 Å². The van der Waals surface area contributed by atoms with Gasteiger partial charge in [-0.05, 0) is 119 Å². The monoisotopic (exact) mass is 1210 g/mol. The molecule has 0 radical (unpaired) electrons. The molecule has 18 heteroatoms. The molecule has 7 N–H and O–H groups in total. The molecule has 4 amide bonds. The number of pyridine rings is 1. The molecule has 0 spiro atoms. The van der Waals surface area contributed by atoms with Crippen LogP contribution in [0, 0.1) is 10.8 Å². The Morgan fingerprint density at radius 3 is 1.52 bits per heavy atom. The van der Waals surface area contributed by atoms with Crippen molar-refractivity contribution in [1.29, 1.82) is 0 Å². The van der Waals surface area contributed by atoms with Crippen molar-refractivity contribution in [2.75, 3.05) is 26.3 Å². The summed E-state index contributed by atoms with van der Waals surface area (Å²) in [5, 5.41) is 16.1. The predicted octanol–water partition coefficient (Wildman–Crippen LogP) is 8.51. The van der Waals surface area contributed by atoms with Crippen molar-refractivity contribution in [2.24, 2.45) is 22.3 Å². The standard InChI is InChI=1S/C37H46N4O5.C34H43N5O4/c1-26(38)35(43)40-34(27(2)45-24-29-12-6-5-7-13-29)36(44)41-21-11-16-32(41)18-19-37(4,25-46-28(3)42)23-30-14-10-15-31(22-30)33-17-8-9-20-39-33;1-24(35)32(41)38-30(25(2)43-22-26-10-5-4-6-11-26)33(42)39-19-8-14-29(39)15-16-34(3,23-40)21-27-12-7-13-28(20-27)31-36-17-9-18-37-31/h5-10,12-15,17-20,22,26-27,32,34H,11,16,21,23-25,38H2,1-4H3,(H,40,43);4-7,9-13,15-18,20,24-25,29-30,40H,8,14,19,21-23,35H2,1-3H3,(H,38,41)/b19-18+;16-15+/t26-,27+,32-,34-,37-;24-,25+,29-,30-,34-/m00/s1. The molecule has 0 unspecified atom stereocenters. The van der Waals surface area contributed by atoms with Crippen LogP contribution in [-0.4, -0.2) is 134 Å². The van der Waals surface area contributed by atoms with Crippen molar-refractivity contribution < 1.29 is 43.3 Å². The number of hydrogen-bond acceptors (Lipinski definition) is 14. The summed E-state index contributed by atoms with van der Waals surface area (Å²) in [4.78, 5) is 81.9. The van der Waals surface area contributed by atoms with E-state index in [1.165, 1.54) is 6.92 Å². The normalized spacial score (nSPS) is 18.3. The Morgan fingerprint density at radius 1 is 0.596 bits per heavy atom. The van der Waals surface area contributed by atoms with Gasteiger partial charge >= 0.3 is 5.97 Å². The van der Waals surface area contributed by atoms with Gasteiger partial charge in [-0.15, -0.1) is 0 Å². The lowest BCUT2D eigenvalue weighted by Crippen LogP contribution is -2.57. The number of likely N-dealkylation sites (tertiary alicyclic amines) is 2. The second-order valence-corrected chi connectivity index (χ2v) is 24.0. The zero-order chi connectivity index (χ0) is 63.9. The van der Waals surface area contributed by atoms with Crippen molar-refractivity contribution in [1.82, 2.24) is 35.4 Å². The minimum absolute atomic E-state index is 0.0618. The molecule has 2 aliphatic heterocycles. The van der Waals surface area contributed by atoms with Gasteiger partial charge in [0, 0.05) is 60.6 Å². The fourth-order valence-electron chi connectivity index (χ4n) is 10.9. The van der Waals surface area contributed by atoms with Gasteiger partial charge in [0.2, 0.25) is 23.6 Å². The summed E-state index contributed by atoms with van der Waals surface area (Å²) in [6.45, 7) is 14.1. The summed E-state index contributed by atoms with van der Waals surface area (Å²) in [7, 11) is 0. The van der Waals surface area contributed by atoms with Crippen molar-refractivity contribution in [3.05, 3.63) is 199 Å². The van der Waals surface area contributed by atoms with E-state index in [1.54, 1.807) is 62.2 Å². The van der Waals surface area contributed by atoms with E-state index in [0.717, 1.165) is 64.8 Å². The number of aromatic nitrogens is 3. The Balaban J connectivity index is 0.000000254. The molecular formula is C71H89N9O9. The number of aliphatic hydroxyl groups excluding tert-OH is 1. The van der Waals surface area contributed by atoms with Crippen LogP contribution in [0.1, 0.15) is 96.4 Å². The SMILES string of the molecule is CC(=O)OC[C@@](C)(/C=C/[C@@H]1CCCN1C(=O)[C@@H](NC(=O)[C@H](C)N)[C@@H](C)OCc1ccccc1)Cc1cccc(-c2ccccn2)c1.C[C@H](N)C(=O)N[C@H](C(=O)N1CCC[C@H]1/C=C/[C@](C)(CO)Cc1cccc(-c2ncccn2)c1)[C@@H](C)OCc1ccccc1. The maximum absolute atomic E-state index is 14.1. The van der Waals surface area contributed by atoms with E-state index < -0.39 is 59.0 Å². The number of hydrogen-bond donors (Lipinski definition) is 5. The van der Waals surface area contributed by atoms with Gasteiger partial charge in [-0.3, -0.25) is 29.0 Å². The van der Waals surface area contributed by atoms with Crippen LogP contribution in [0.5, 0.6) is 0 Å². The highest BCUT2D eigenvalue weighted by molar-refractivity contribution is 5.91. The van der Waals surface area contributed by atoms with Crippen LogP contribution in [0.2, 0.25) is 0 Å². The summed E-state index contributed by atoms with van der Waals surface area (Å²) >= 11 is 0. The minimum Gasteiger partial charge on any atom is -0.465 e. The summed E-state index contributed by atoms with van der Waals surface area (Å²) in [5.74, 6) is -0.943. The summed E-state index contributed by atoms with van der Waals surface area (Å²) in [6, 6.07) is 39.5. The molecule has 6 aromatic rings. The van der Waals surface area contributed by atoms with E-state index >= 15 is 0 Å². The number of ether oxygens (including phenoxy) is 3. The minimum atomic E-state index is -0.905. The van der Waals surface area contributed by atoms with Crippen LogP contribution < -0.4 is 22.1 Å². The van der Waals surface area contributed by atoms with Crippen molar-refractivity contribution >= 4 is 29.6 Å². The Bertz CT molecular complexity index is 3280. The summed E-state index contributed by atoms with van der Waals surface area (Å²) in [6.07, 6.45) is 16.6. The number of carbonyl (C=O) groups excluding carboxylic acids is 5. The maximum atomic E-state index is 14.1. The molecule has 89 heavy (non-hydrogen) atoms. The highest BCUT2D eigenvalue weighted by atomic mass is 16.5. The highest BCUT2D eigenvalue weighted by Gasteiger charge is 2.39. The molecule has 2 fully saturated rings. The number of nitrogens with one attached hydrogen (secondary N) is 2. The van der Waals surface area contributed by atoms with Gasteiger partial charge < -0.3 is 51.2 Å². The van der Waals surface area contributed by atoms with Gasteiger partial charge in [0.25, 0.3) is 0 Å². The zero-order valence-corrected chi connectivity index (χ0v) is 52.5. The first-order valence-corrected chi connectivity index (χ1v) is 30.8. The van der Waals surface area contributed by atoms with Gasteiger partial charge in [0.1, 0.15) is 18.7 Å². The number of carbonyl (C=O) groups is 5. The number of nitrogens with two attached hydrogens (primary N) is 2. The van der Waals surface area contributed by atoms with Crippen molar-refractivity contribution in [2.45, 2.75) is 149 Å². The molecule has 2 aliphatic rings. The second kappa shape index (κ2) is 33.4. The molecule has 18 nitrogen and oxygen atoms in total. The Kier molecular flexibility index (Phi) is 25.6.